The summed E-state index contributed by atoms with van der Waals surface area (Å²) in [5.41, 5.74) is 5.76. The van der Waals surface area contributed by atoms with Gasteiger partial charge >= 0.3 is 6.18 Å². The average Bonchev–Trinajstić information content (AvgIpc) is 3.09. The Labute approximate surface area is 136 Å². The second-order valence-corrected chi connectivity index (χ2v) is 5.97. The van der Waals surface area contributed by atoms with Crippen LogP contribution in [-0.2, 0) is 11.3 Å². The van der Waals surface area contributed by atoms with Crippen LogP contribution in [0.15, 0.2) is 28.7 Å². The van der Waals surface area contributed by atoms with Gasteiger partial charge in [0.25, 0.3) is 0 Å². The highest BCUT2D eigenvalue weighted by atomic mass is 19.4. The molecule has 1 aromatic carbocycles. The minimum absolute atomic E-state index is 0.0279. The van der Waals surface area contributed by atoms with Crippen molar-refractivity contribution in [1.82, 2.24) is 4.90 Å². The SMILES string of the molecule is COc1ccc2oc(CN3C[C@@H](C(F)(F)F)[C@H](C(N)=O)C3)cc2c1. The number of fused-ring (bicyclic) bond motifs is 1. The Morgan fingerprint density at radius 2 is 2.12 bits per heavy atom. The van der Waals surface area contributed by atoms with Gasteiger partial charge in [-0.3, -0.25) is 9.69 Å². The summed E-state index contributed by atoms with van der Waals surface area (Å²) in [4.78, 5) is 12.9. The number of furan rings is 1. The molecular weight excluding hydrogens is 325 g/mol. The zero-order valence-corrected chi connectivity index (χ0v) is 13.0. The molecule has 2 atom stereocenters. The monoisotopic (exact) mass is 342 g/mol. The van der Waals surface area contributed by atoms with Crippen LogP contribution in [0.4, 0.5) is 13.2 Å². The van der Waals surface area contributed by atoms with E-state index in [1.807, 2.05) is 0 Å². The lowest BCUT2D eigenvalue weighted by Crippen LogP contribution is -2.37. The lowest BCUT2D eigenvalue weighted by atomic mass is 9.95. The fraction of sp³-hybridized carbons (Fsp3) is 0.438. The van der Waals surface area contributed by atoms with E-state index in [2.05, 4.69) is 0 Å². The van der Waals surface area contributed by atoms with Gasteiger partial charge in [-0.2, -0.15) is 13.2 Å². The number of alkyl halides is 3. The summed E-state index contributed by atoms with van der Waals surface area (Å²) in [5.74, 6) is -2.69. The molecule has 24 heavy (non-hydrogen) atoms. The highest BCUT2D eigenvalue weighted by molar-refractivity contribution is 5.79. The number of halogens is 3. The van der Waals surface area contributed by atoms with Crippen molar-refractivity contribution in [2.75, 3.05) is 20.2 Å². The molecule has 5 nitrogen and oxygen atoms in total. The van der Waals surface area contributed by atoms with Gasteiger partial charge in [-0.25, -0.2) is 0 Å². The van der Waals surface area contributed by atoms with E-state index in [9.17, 15) is 18.0 Å². The van der Waals surface area contributed by atoms with Crippen LogP contribution in [0.5, 0.6) is 5.75 Å². The van der Waals surface area contributed by atoms with E-state index in [4.69, 9.17) is 14.9 Å². The minimum Gasteiger partial charge on any atom is -0.497 e. The first-order valence-corrected chi connectivity index (χ1v) is 7.43. The number of hydrogen-bond acceptors (Lipinski definition) is 4. The number of carbonyl (C=O) groups excluding carboxylic acids is 1. The van der Waals surface area contributed by atoms with Crippen molar-refractivity contribution in [3.05, 3.63) is 30.0 Å². The number of likely N-dealkylation sites (tertiary alicyclic amines) is 1. The van der Waals surface area contributed by atoms with Crippen LogP contribution >= 0.6 is 0 Å². The quantitative estimate of drug-likeness (QED) is 0.927. The number of primary amides is 1. The molecule has 3 rings (SSSR count). The Morgan fingerprint density at radius 1 is 1.38 bits per heavy atom. The third-order valence-corrected chi connectivity index (χ3v) is 4.34. The molecule has 0 spiro atoms. The van der Waals surface area contributed by atoms with Crippen molar-refractivity contribution < 1.29 is 27.1 Å². The molecule has 1 amide bonds. The first kappa shape index (κ1) is 16.6. The molecular formula is C16H17F3N2O3. The van der Waals surface area contributed by atoms with E-state index in [0.29, 0.717) is 17.1 Å². The summed E-state index contributed by atoms with van der Waals surface area (Å²) in [6.07, 6.45) is -4.45. The van der Waals surface area contributed by atoms with Crippen LogP contribution in [0, 0.1) is 11.8 Å². The molecule has 1 saturated heterocycles. The molecule has 0 saturated carbocycles. The van der Waals surface area contributed by atoms with Crippen molar-refractivity contribution in [2.45, 2.75) is 12.7 Å². The van der Waals surface area contributed by atoms with Gasteiger partial charge in [-0.05, 0) is 24.3 Å². The highest BCUT2D eigenvalue weighted by Crippen LogP contribution is 2.38. The lowest BCUT2D eigenvalue weighted by molar-refractivity contribution is -0.182. The van der Waals surface area contributed by atoms with Gasteiger partial charge in [0, 0.05) is 18.5 Å². The van der Waals surface area contributed by atoms with Crippen molar-refractivity contribution in [1.29, 1.82) is 0 Å². The van der Waals surface area contributed by atoms with E-state index in [0.717, 1.165) is 5.39 Å². The largest absolute Gasteiger partial charge is 0.497 e. The number of nitrogens with two attached hydrogens (primary N) is 1. The van der Waals surface area contributed by atoms with E-state index in [1.165, 1.54) is 0 Å². The smallest absolute Gasteiger partial charge is 0.393 e. The maximum atomic E-state index is 13.1. The predicted molar refractivity (Wildman–Crippen MR) is 80.3 cm³/mol. The molecule has 0 unspecified atom stereocenters. The number of ether oxygens (including phenoxy) is 1. The van der Waals surface area contributed by atoms with Crippen LogP contribution < -0.4 is 10.5 Å². The van der Waals surface area contributed by atoms with Crippen LogP contribution in [0.25, 0.3) is 11.0 Å². The minimum atomic E-state index is -4.45. The maximum absolute atomic E-state index is 13.1. The molecule has 2 heterocycles. The van der Waals surface area contributed by atoms with Gasteiger partial charge in [-0.1, -0.05) is 0 Å². The third-order valence-electron chi connectivity index (χ3n) is 4.34. The lowest BCUT2D eigenvalue weighted by Gasteiger charge is -2.18. The van der Waals surface area contributed by atoms with Crippen LogP contribution in [0.3, 0.4) is 0 Å². The summed E-state index contributed by atoms with van der Waals surface area (Å²) in [6, 6.07) is 7.04. The van der Waals surface area contributed by atoms with Gasteiger partial charge in [0.2, 0.25) is 5.91 Å². The zero-order chi connectivity index (χ0) is 17.5. The Morgan fingerprint density at radius 3 is 2.71 bits per heavy atom. The molecule has 130 valence electrons. The average molecular weight is 342 g/mol. The first-order valence-electron chi connectivity index (χ1n) is 7.43. The number of amides is 1. The summed E-state index contributed by atoms with van der Waals surface area (Å²) in [7, 11) is 1.55. The molecule has 0 aliphatic carbocycles. The maximum Gasteiger partial charge on any atom is 0.393 e. The summed E-state index contributed by atoms with van der Waals surface area (Å²) in [6.45, 7) is -0.106. The first-order chi connectivity index (χ1) is 11.3. The van der Waals surface area contributed by atoms with Crippen molar-refractivity contribution in [3.63, 3.8) is 0 Å². The standard InChI is InChI=1S/C16H17F3N2O3/c1-23-10-2-3-14-9(4-10)5-11(24-14)6-21-7-12(15(20)22)13(8-21)16(17,18)19/h2-5,12-13H,6-8H2,1H3,(H2,20,22)/t12-,13-/m1/s1. The fourth-order valence-corrected chi connectivity index (χ4v) is 3.14. The van der Waals surface area contributed by atoms with E-state index in [1.54, 1.807) is 36.3 Å². The van der Waals surface area contributed by atoms with Crippen LogP contribution in [0.1, 0.15) is 5.76 Å². The molecule has 0 bridgehead atoms. The Balaban J connectivity index is 1.77. The highest BCUT2D eigenvalue weighted by Gasteiger charge is 2.51. The second-order valence-electron chi connectivity index (χ2n) is 5.97. The van der Waals surface area contributed by atoms with Crippen LogP contribution in [0.2, 0.25) is 0 Å². The number of methoxy groups -OCH3 is 1. The molecule has 0 radical (unpaired) electrons. The number of nitrogens with zero attached hydrogens (tertiary/aromatic N) is 1. The Bertz CT molecular complexity index is 757. The third kappa shape index (κ3) is 3.19. The van der Waals surface area contributed by atoms with Gasteiger partial charge < -0.3 is 14.9 Å². The summed E-state index contributed by atoms with van der Waals surface area (Å²) in [5, 5.41) is 0.808. The number of hydrogen-bond donors (Lipinski definition) is 1. The molecule has 1 aromatic heterocycles. The second kappa shape index (κ2) is 6.01. The van der Waals surface area contributed by atoms with E-state index < -0.39 is 23.9 Å². The fourth-order valence-electron chi connectivity index (χ4n) is 3.14. The van der Waals surface area contributed by atoms with Gasteiger partial charge in [0.05, 0.1) is 25.5 Å². The predicted octanol–water partition coefficient (Wildman–Crippen LogP) is 2.54. The zero-order valence-electron chi connectivity index (χ0n) is 13.0. The van der Waals surface area contributed by atoms with Gasteiger partial charge in [0.1, 0.15) is 17.1 Å². The summed E-state index contributed by atoms with van der Waals surface area (Å²) < 4.78 is 50.0. The molecule has 8 heteroatoms. The topological polar surface area (TPSA) is 68.7 Å². The van der Waals surface area contributed by atoms with E-state index >= 15 is 0 Å². The number of rotatable bonds is 4. The summed E-state index contributed by atoms with van der Waals surface area (Å²) >= 11 is 0. The van der Waals surface area contributed by atoms with E-state index in [-0.39, 0.29) is 19.6 Å². The molecule has 1 aliphatic heterocycles. The van der Waals surface area contributed by atoms with Gasteiger partial charge in [-0.15, -0.1) is 0 Å². The normalized spacial score (nSPS) is 22.2. The number of benzene rings is 1. The van der Waals surface area contributed by atoms with Crippen molar-refractivity contribution in [2.24, 2.45) is 17.6 Å². The Hall–Kier alpha value is -2.22. The molecule has 1 fully saturated rings. The van der Waals surface area contributed by atoms with Crippen LogP contribution in [-0.4, -0.2) is 37.2 Å². The number of carbonyl (C=O) groups is 1. The van der Waals surface area contributed by atoms with Crippen molar-refractivity contribution >= 4 is 16.9 Å². The van der Waals surface area contributed by atoms with Crippen molar-refractivity contribution in [3.8, 4) is 5.75 Å². The molecule has 2 N–H and O–H groups in total. The van der Waals surface area contributed by atoms with Gasteiger partial charge in [0.15, 0.2) is 0 Å². The Kier molecular flexibility index (Phi) is 4.16. The molecule has 2 aromatic rings. The molecule has 1 aliphatic rings.